The Morgan fingerprint density at radius 3 is 1.97 bits per heavy atom. The molecule has 182 valence electrons. The first-order valence-corrected chi connectivity index (χ1v) is 12.7. The van der Waals surface area contributed by atoms with Gasteiger partial charge in [0.25, 0.3) is 0 Å². The molecule has 0 aromatic heterocycles. The van der Waals surface area contributed by atoms with Crippen molar-refractivity contribution < 1.29 is 9.90 Å². The monoisotopic (exact) mass is 461 g/mol. The number of hydrogen-bond acceptors (Lipinski definition) is 3. The highest BCUT2D eigenvalue weighted by Crippen LogP contribution is 2.22. The van der Waals surface area contributed by atoms with Crippen molar-refractivity contribution in [3.8, 4) is 0 Å². The summed E-state index contributed by atoms with van der Waals surface area (Å²) in [5.41, 5.74) is 4.56. The third-order valence-electron chi connectivity index (χ3n) is 6.17. The normalized spacial score (nSPS) is 13.5. The molecule has 4 N–H and O–H groups in total. The fourth-order valence-corrected chi connectivity index (χ4v) is 4.17. The predicted octanol–water partition coefficient (Wildman–Crippen LogP) is 5.80. The van der Waals surface area contributed by atoms with Gasteiger partial charge in [0.2, 0.25) is 0 Å². The van der Waals surface area contributed by atoms with E-state index in [2.05, 4.69) is 70.5 Å². The van der Waals surface area contributed by atoms with Crippen LogP contribution in [0.2, 0.25) is 0 Å². The molecular formula is C29H39N3O2. The Bertz CT molecular complexity index is 923. The van der Waals surface area contributed by atoms with E-state index in [9.17, 15) is 9.90 Å². The van der Waals surface area contributed by atoms with E-state index in [0.29, 0.717) is 18.7 Å². The molecule has 3 rings (SSSR count). The molecule has 0 bridgehead atoms. The summed E-state index contributed by atoms with van der Waals surface area (Å²) in [7, 11) is 0. The van der Waals surface area contributed by atoms with Gasteiger partial charge in [-0.05, 0) is 88.1 Å². The number of amides is 2. The zero-order chi connectivity index (χ0) is 23.8. The van der Waals surface area contributed by atoms with E-state index in [1.807, 2.05) is 12.1 Å². The van der Waals surface area contributed by atoms with Gasteiger partial charge >= 0.3 is 6.03 Å². The Morgan fingerprint density at radius 2 is 1.35 bits per heavy atom. The summed E-state index contributed by atoms with van der Waals surface area (Å²) in [6, 6.07) is 20.8. The van der Waals surface area contributed by atoms with Gasteiger partial charge < -0.3 is 21.1 Å². The highest BCUT2D eigenvalue weighted by Gasteiger charge is 2.15. The molecule has 5 heteroatoms. The summed E-state index contributed by atoms with van der Waals surface area (Å²) in [5.74, 6) is 0.184. The lowest BCUT2D eigenvalue weighted by Gasteiger charge is -2.18. The number of urea groups is 1. The summed E-state index contributed by atoms with van der Waals surface area (Å²) in [5, 5.41) is 19.6. The molecular weight excluding hydrogens is 422 g/mol. The van der Waals surface area contributed by atoms with Crippen LogP contribution >= 0.6 is 0 Å². The van der Waals surface area contributed by atoms with Crippen LogP contribution in [-0.4, -0.2) is 30.8 Å². The quantitative estimate of drug-likeness (QED) is 0.269. The van der Waals surface area contributed by atoms with Crippen molar-refractivity contribution in [2.75, 3.05) is 19.6 Å². The maximum absolute atomic E-state index is 12.2. The molecule has 0 saturated heterocycles. The van der Waals surface area contributed by atoms with E-state index in [4.69, 9.17) is 0 Å². The lowest BCUT2D eigenvalue weighted by atomic mass is 9.98. The number of carbonyl (C=O) groups is 1. The number of rotatable bonds is 14. The number of carbonyl (C=O) groups excluding carboxylic acids is 1. The largest absolute Gasteiger partial charge is 0.506 e. The molecule has 0 saturated carbocycles. The maximum atomic E-state index is 12.2. The van der Waals surface area contributed by atoms with Crippen LogP contribution in [0.3, 0.4) is 0 Å². The van der Waals surface area contributed by atoms with Gasteiger partial charge in [-0.2, -0.15) is 0 Å². The number of benzene rings is 2. The first-order valence-electron chi connectivity index (χ1n) is 12.7. The zero-order valence-corrected chi connectivity index (χ0v) is 20.2. The van der Waals surface area contributed by atoms with Crippen molar-refractivity contribution in [1.29, 1.82) is 0 Å². The van der Waals surface area contributed by atoms with Crippen LogP contribution in [0.4, 0.5) is 4.79 Å². The summed E-state index contributed by atoms with van der Waals surface area (Å²) in [6.07, 6.45) is 10.7. The van der Waals surface area contributed by atoms with Crippen molar-refractivity contribution in [2.45, 2.75) is 57.8 Å². The molecule has 0 unspecified atom stereocenters. The van der Waals surface area contributed by atoms with Crippen LogP contribution in [0.1, 0.15) is 56.1 Å². The molecule has 2 aromatic carbocycles. The van der Waals surface area contributed by atoms with Gasteiger partial charge in [0.15, 0.2) is 0 Å². The molecule has 0 heterocycles. The minimum atomic E-state index is -0.240. The minimum absolute atomic E-state index is 0.184. The Kier molecular flexibility index (Phi) is 11.3. The van der Waals surface area contributed by atoms with Gasteiger partial charge in [0, 0.05) is 6.54 Å². The predicted molar refractivity (Wildman–Crippen MR) is 140 cm³/mol. The van der Waals surface area contributed by atoms with Crippen LogP contribution < -0.4 is 16.0 Å². The van der Waals surface area contributed by atoms with Crippen molar-refractivity contribution >= 4 is 6.03 Å². The average Bonchev–Trinajstić information content (AvgIpc) is 2.86. The third kappa shape index (κ3) is 9.84. The number of nitrogens with one attached hydrogen (secondary N) is 3. The Hall–Kier alpha value is -3.05. The van der Waals surface area contributed by atoms with E-state index >= 15 is 0 Å². The molecule has 0 aliphatic heterocycles. The van der Waals surface area contributed by atoms with Gasteiger partial charge in [-0.1, -0.05) is 66.2 Å². The number of unbranched alkanes of at least 4 members (excludes halogenated alkanes) is 2. The summed E-state index contributed by atoms with van der Waals surface area (Å²) in [6.45, 7) is 2.56. The summed E-state index contributed by atoms with van der Waals surface area (Å²) in [4.78, 5) is 12.2. The molecule has 0 radical (unpaired) electrons. The Morgan fingerprint density at radius 1 is 0.735 bits per heavy atom. The smallest absolute Gasteiger partial charge is 0.319 e. The second-order valence-corrected chi connectivity index (χ2v) is 8.93. The molecule has 0 fully saturated rings. The Labute approximate surface area is 204 Å². The fourth-order valence-electron chi connectivity index (χ4n) is 4.17. The first kappa shape index (κ1) is 25.6. The van der Waals surface area contributed by atoms with Gasteiger partial charge in [-0.3, -0.25) is 0 Å². The van der Waals surface area contributed by atoms with Crippen LogP contribution in [0.25, 0.3) is 0 Å². The van der Waals surface area contributed by atoms with Gasteiger partial charge in [-0.15, -0.1) is 0 Å². The van der Waals surface area contributed by atoms with E-state index in [0.717, 1.165) is 58.0 Å². The number of allylic oxidation sites excluding steroid dienone is 2. The van der Waals surface area contributed by atoms with Crippen LogP contribution in [0, 0.1) is 0 Å². The van der Waals surface area contributed by atoms with E-state index < -0.39 is 0 Å². The second kappa shape index (κ2) is 15.0. The lowest BCUT2D eigenvalue weighted by Crippen LogP contribution is -2.36. The molecule has 2 amide bonds. The van der Waals surface area contributed by atoms with Gasteiger partial charge in [-0.25, -0.2) is 4.79 Å². The molecule has 2 aromatic rings. The van der Waals surface area contributed by atoms with Crippen molar-refractivity contribution in [1.82, 2.24) is 16.0 Å². The average molecular weight is 462 g/mol. The number of aryl methyl sites for hydroxylation is 2. The van der Waals surface area contributed by atoms with E-state index in [-0.39, 0.29) is 11.8 Å². The molecule has 1 aliphatic carbocycles. The van der Waals surface area contributed by atoms with Gasteiger partial charge in [0.1, 0.15) is 5.76 Å². The topological polar surface area (TPSA) is 73.4 Å². The second-order valence-electron chi connectivity index (χ2n) is 8.93. The van der Waals surface area contributed by atoms with Crippen LogP contribution in [-0.2, 0) is 12.8 Å². The first-order chi connectivity index (χ1) is 16.7. The van der Waals surface area contributed by atoms with Crippen LogP contribution in [0.5, 0.6) is 0 Å². The number of aliphatic hydroxyl groups is 1. The van der Waals surface area contributed by atoms with Crippen molar-refractivity contribution in [3.63, 3.8) is 0 Å². The highest BCUT2D eigenvalue weighted by molar-refractivity contribution is 5.76. The number of aliphatic hydroxyl groups excluding tert-OH is 1. The zero-order valence-electron chi connectivity index (χ0n) is 20.2. The fraction of sp³-hybridized carbons (Fsp3) is 0.414. The maximum Gasteiger partial charge on any atom is 0.319 e. The summed E-state index contributed by atoms with van der Waals surface area (Å²) < 4.78 is 0. The highest BCUT2D eigenvalue weighted by atomic mass is 16.3. The minimum Gasteiger partial charge on any atom is -0.506 e. The third-order valence-corrected chi connectivity index (χ3v) is 6.17. The molecule has 34 heavy (non-hydrogen) atoms. The van der Waals surface area contributed by atoms with E-state index in [1.165, 1.54) is 23.1 Å². The standard InChI is InChI=1S/C29H39N3O2/c33-28-23-26(19-22-30-20-9-7-15-24-11-3-1-4-12-24)17-18-27(28)32-29(34)31-21-10-8-16-25-13-5-2-6-14-25/h1-6,11-14,23,30,33H,7-10,15-22H2,(H2,31,32,34). The van der Waals surface area contributed by atoms with Gasteiger partial charge in [0.05, 0.1) is 5.70 Å². The number of hydrogen-bond donors (Lipinski definition) is 4. The molecule has 5 nitrogen and oxygen atoms in total. The Balaban J connectivity index is 1.24. The lowest BCUT2D eigenvalue weighted by molar-refractivity contribution is 0.242. The van der Waals surface area contributed by atoms with Crippen molar-refractivity contribution in [3.05, 3.63) is 94.9 Å². The summed E-state index contributed by atoms with van der Waals surface area (Å²) >= 11 is 0. The van der Waals surface area contributed by atoms with Crippen LogP contribution in [0.15, 0.2) is 83.8 Å². The van der Waals surface area contributed by atoms with E-state index in [1.54, 1.807) is 0 Å². The van der Waals surface area contributed by atoms with Crippen molar-refractivity contribution in [2.24, 2.45) is 0 Å². The SMILES string of the molecule is O=C(NCCCCc1ccccc1)NC1=C(O)C=C(CCNCCCCc2ccccc2)CC1. The molecule has 0 spiro atoms. The molecule has 1 aliphatic rings. The molecule has 0 atom stereocenters.